The van der Waals surface area contributed by atoms with E-state index in [-0.39, 0.29) is 5.02 Å². The molecule has 0 aliphatic heterocycles. The quantitative estimate of drug-likeness (QED) is 0.311. The van der Waals surface area contributed by atoms with Crippen molar-refractivity contribution in [2.24, 2.45) is 5.10 Å². The first-order valence-corrected chi connectivity index (χ1v) is 8.91. The van der Waals surface area contributed by atoms with E-state index in [9.17, 15) is 31.1 Å². The van der Waals surface area contributed by atoms with E-state index >= 15 is 0 Å². The summed E-state index contributed by atoms with van der Waals surface area (Å²) in [5.41, 5.74) is 1.86. The Balaban J connectivity index is 2.21. The van der Waals surface area contributed by atoms with Gasteiger partial charge in [0.25, 0.3) is 5.91 Å². The standard InChI is InChI=1S/C18H12Cl2F6N2O3/c19-11-2-1-10(14(20)5-11)7-27-28-16(29)13-6-12(30-8-17(21,22)23)3-4-15(13)31-9-18(24,25)26/h1-7H,8-9H2,(H,28,29). The van der Waals surface area contributed by atoms with Crippen molar-refractivity contribution in [3.05, 3.63) is 57.6 Å². The first-order valence-electron chi connectivity index (χ1n) is 8.16. The van der Waals surface area contributed by atoms with Crippen molar-refractivity contribution in [1.29, 1.82) is 0 Å². The number of amides is 1. The van der Waals surface area contributed by atoms with Crippen LogP contribution in [0.3, 0.4) is 0 Å². The number of nitrogens with zero attached hydrogens (tertiary/aromatic N) is 1. The molecule has 168 valence electrons. The van der Waals surface area contributed by atoms with Gasteiger partial charge in [0.15, 0.2) is 13.2 Å². The zero-order valence-corrected chi connectivity index (χ0v) is 16.7. The van der Waals surface area contributed by atoms with Gasteiger partial charge in [-0.15, -0.1) is 0 Å². The van der Waals surface area contributed by atoms with E-state index in [0.29, 0.717) is 10.6 Å². The minimum atomic E-state index is -4.71. The van der Waals surface area contributed by atoms with Gasteiger partial charge >= 0.3 is 12.4 Å². The van der Waals surface area contributed by atoms with Gasteiger partial charge in [0.05, 0.1) is 16.8 Å². The molecule has 2 rings (SSSR count). The molecule has 0 spiro atoms. The normalized spacial score (nSPS) is 12.1. The summed E-state index contributed by atoms with van der Waals surface area (Å²) in [6, 6.07) is 7.02. The van der Waals surface area contributed by atoms with Gasteiger partial charge in [-0.2, -0.15) is 31.4 Å². The van der Waals surface area contributed by atoms with Crippen molar-refractivity contribution in [3.63, 3.8) is 0 Å². The Hall–Kier alpha value is -2.66. The Morgan fingerprint density at radius 2 is 1.61 bits per heavy atom. The third kappa shape index (κ3) is 8.54. The van der Waals surface area contributed by atoms with Crippen molar-refractivity contribution in [3.8, 4) is 11.5 Å². The van der Waals surface area contributed by atoms with E-state index in [1.807, 2.05) is 5.43 Å². The van der Waals surface area contributed by atoms with Crippen LogP contribution in [-0.4, -0.2) is 37.7 Å². The number of nitrogens with one attached hydrogen (secondary N) is 1. The summed E-state index contributed by atoms with van der Waals surface area (Å²) in [6.07, 6.45) is -8.23. The lowest BCUT2D eigenvalue weighted by Crippen LogP contribution is -2.23. The van der Waals surface area contributed by atoms with Gasteiger partial charge in [0, 0.05) is 10.6 Å². The molecule has 5 nitrogen and oxygen atoms in total. The predicted molar refractivity (Wildman–Crippen MR) is 101 cm³/mol. The topological polar surface area (TPSA) is 59.9 Å². The van der Waals surface area contributed by atoms with Gasteiger partial charge < -0.3 is 9.47 Å². The number of hydrogen-bond acceptors (Lipinski definition) is 4. The maximum atomic E-state index is 12.4. The van der Waals surface area contributed by atoms with E-state index in [0.717, 1.165) is 24.4 Å². The largest absolute Gasteiger partial charge is 0.484 e. The number of carbonyl (C=O) groups is 1. The van der Waals surface area contributed by atoms with Gasteiger partial charge in [-0.25, -0.2) is 5.43 Å². The number of hydrogen-bond donors (Lipinski definition) is 1. The fraction of sp³-hybridized carbons (Fsp3) is 0.222. The Bertz CT molecular complexity index is 964. The third-order valence-electron chi connectivity index (χ3n) is 3.32. The minimum absolute atomic E-state index is 0.210. The Labute approximate surface area is 181 Å². The van der Waals surface area contributed by atoms with Crippen LogP contribution in [0.5, 0.6) is 11.5 Å². The molecule has 0 atom stereocenters. The zero-order valence-electron chi connectivity index (χ0n) is 15.2. The third-order valence-corrected chi connectivity index (χ3v) is 3.88. The molecule has 1 amide bonds. The highest BCUT2D eigenvalue weighted by Gasteiger charge is 2.30. The number of rotatable bonds is 7. The number of hydrazone groups is 1. The molecule has 2 aromatic rings. The highest BCUT2D eigenvalue weighted by atomic mass is 35.5. The van der Waals surface area contributed by atoms with E-state index < -0.39 is 48.5 Å². The summed E-state index contributed by atoms with van der Waals surface area (Å²) in [4.78, 5) is 12.4. The second-order valence-corrected chi connectivity index (χ2v) is 6.67. The van der Waals surface area contributed by atoms with Gasteiger partial charge in [0.1, 0.15) is 11.5 Å². The fourth-order valence-corrected chi connectivity index (χ4v) is 2.51. The fourth-order valence-electron chi connectivity index (χ4n) is 2.05. The van der Waals surface area contributed by atoms with Crippen LogP contribution >= 0.6 is 23.2 Å². The van der Waals surface area contributed by atoms with E-state index in [1.54, 1.807) is 0 Å². The Morgan fingerprint density at radius 1 is 0.968 bits per heavy atom. The summed E-state index contributed by atoms with van der Waals surface area (Å²) in [5, 5.41) is 4.19. The molecule has 0 aliphatic carbocycles. The molecule has 0 aromatic heterocycles. The van der Waals surface area contributed by atoms with Crippen LogP contribution in [-0.2, 0) is 0 Å². The van der Waals surface area contributed by atoms with Crippen LogP contribution in [0, 0.1) is 0 Å². The lowest BCUT2D eigenvalue weighted by Gasteiger charge is -2.14. The summed E-state index contributed by atoms with van der Waals surface area (Å²) < 4.78 is 83.4. The molecule has 13 heteroatoms. The average molecular weight is 489 g/mol. The van der Waals surface area contributed by atoms with Crippen LogP contribution in [0.1, 0.15) is 15.9 Å². The maximum Gasteiger partial charge on any atom is 0.422 e. The first-order chi connectivity index (χ1) is 14.3. The van der Waals surface area contributed by atoms with Crippen LogP contribution in [0.2, 0.25) is 10.0 Å². The van der Waals surface area contributed by atoms with Crippen molar-refractivity contribution in [1.82, 2.24) is 5.43 Å². The maximum absolute atomic E-state index is 12.4. The lowest BCUT2D eigenvalue weighted by molar-refractivity contribution is -0.154. The Morgan fingerprint density at radius 3 is 2.23 bits per heavy atom. The average Bonchev–Trinajstić information content (AvgIpc) is 2.65. The molecule has 0 unspecified atom stereocenters. The monoisotopic (exact) mass is 488 g/mol. The molecule has 0 saturated heterocycles. The van der Waals surface area contributed by atoms with Crippen LogP contribution in [0.15, 0.2) is 41.5 Å². The van der Waals surface area contributed by atoms with Crippen LogP contribution in [0.4, 0.5) is 26.3 Å². The molecule has 0 saturated carbocycles. The van der Waals surface area contributed by atoms with Crippen molar-refractivity contribution >= 4 is 35.3 Å². The molecule has 0 heterocycles. The summed E-state index contributed by atoms with van der Waals surface area (Å²) in [5.74, 6) is -2.00. The number of benzene rings is 2. The smallest absolute Gasteiger partial charge is 0.422 e. The SMILES string of the molecule is O=C(NN=Cc1ccc(Cl)cc1Cl)c1cc(OCC(F)(F)F)ccc1OCC(F)(F)F. The van der Waals surface area contributed by atoms with Gasteiger partial charge in [-0.1, -0.05) is 29.3 Å². The second-order valence-electron chi connectivity index (χ2n) is 5.83. The van der Waals surface area contributed by atoms with Crippen LogP contribution in [0.25, 0.3) is 0 Å². The number of ether oxygens (including phenoxy) is 2. The zero-order chi connectivity index (χ0) is 23.2. The molecule has 0 radical (unpaired) electrons. The molecule has 1 N–H and O–H groups in total. The molecule has 0 aliphatic rings. The summed E-state index contributed by atoms with van der Waals surface area (Å²) in [7, 11) is 0. The van der Waals surface area contributed by atoms with Crippen molar-refractivity contribution in [2.45, 2.75) is 12.4 Å². The first kappa shape index (κ1) is 24.6. The molecular weight excluding hydrogens is 477 g/mol. The summed E-state index contributed by atoms with van der Waals surface area (Å²) >= 11 is 11.7. The van der Waals surface area contributed by atoms with Crippen molar-refractivity contribution in [2.75, 3.05) is 13.2 Å². The van der Waals surface area contributed by atoms with Gasteiger partial charge in [-0.05, 0) is 30.3 Å². The highest BCUT2D eigenvalue weighted by Crippen LogP contribution is 2.28. The van der Waals surface area contributed by atoms with E-state index in [2.05, 4.69) is 14.6 Å². The predicted octanol–water partition coefficient (Wildman–Crippen LogP) is 5.64. The van der Waals surface area contributed by atoms with E-state index in [4.69, 9.17) is 23.2 Å². The molecular formula is C18H12Cl2F6N2O3. The van der Waals surface area contributed by atoms with E-state index in [1.165, 1.54) is 18.2 Å². The van der Waals surface area contributed by atoms with Crippen LogP contribution < -0.4 is 14.9 Å². The number of alkyl halides is 6. The lowest BCUT2D eigenvalue weighted by atomic mass is 10.2. The van der Waals surface area contributed by atoms with Crippen molar-refractivity contribution < 1.29 is 40.6 Å². The van der Waals surface area contributed by atoms with Gasteiger partial charge in [0.2, 0.25) is 0 Å². The minimum Gasteiger partial charge on any atom is -0.484 e. The second kappa shape index (κ2) is 10.1. The summed E-state index contributed by atoms with van der Waals surface area (Å²) in [6.45, 7) is -3.39. The highest BCUT2D eigenvalue weighted by molar-refractivity contribution is 6.36. The molecule has 0 bridgehead atoms. The molecule has 0 fully saturated rings. The number of halogens is 8. The number of carbonyl (C=O) groups excluding carboxylic acids is 1. The molecule has 31 heavy (non-hydrogen) atoms. The Kier molecular flexibility index (Phi) is 8.02. The van der Waals surface area contributed by atoms with Gasteiger partial charge in [-0.3, -0.25) is 4.79 Å². The molecule has 2 aromatic carbocycles.